The normalized spacial score (nSPS) is 18.0. The SMILES string of the molecule is COc1ccc2ncc(F)c(CN[C@H](O)CC[C@@H]3CN(c4ccc5c(c4)OCCO5)C(=O)O3)c2n1. The summed E-state index contributed by atoms with van der Waals surface area (Å²) in [6.07, 6.45) is 0.0620. The average molecular weight is 484 g/mol. The highest BCUT2D eigenvalue weighted by Crippen LogP contribution is 2.35. The molecule has 4 heterocycles. The van der Waals surface area contributed by atoms with Gasteiger partial charge in [-0.3, -0.25) is 15.2 Å². The van der Waals surface area contributed by atoms with Crippen molar-refractivity contribution in [3.05, 3.63) is 47.9 Å². The topological polar surface area (TPSA) is 115 Å². The predicted octanol–water partition coefficient (Wildman–Crippen LogP) is 2.76. The Morgan fingerprint density at radius 1 is 1.26 bits per heavy atom. The molecule has 35 heavy (non-hydrogen) atoms. The molecule has 0 spiro atoms. The number of pyridine rings is 2. The maximum absolute atomic E-state index is 14.4. The van der Waals surface area contributed by atoms with E-state index in [1.54, 1.807) is 30.3 Å². The average Bonchev–Trinajstić information content (AvgIpc) is 3.26. The van der Waals surface area contributed by atoms with Crippen LogP contribution in [0.4, 0.5) is 14.9 Å². The molecule has 2 aliphatic heterocycles. The Morgan fingerprint density at radius 3 is 2.91 bits per heavy atom. The van der Waals surface area contributed by atoms with Crippen LogP contribution in [0.15, 0.2) is 36.5 Å². The lowest BCUT2D eigenvalue weighted by Gasteiger charge is -2.21. The lowest BCUT2D eigenvalue weighted by Crippen LogP contribution is -2.30. The molecule has 10 nitrogen and oxygen atoms in total. The van der Waals surface area contributed by atoms with Crippen molar-refractivity contribution in [2.75, 3.05) is 31.8 Å². The van der Waals surface area contributed by atoms with Crippen LogP contribution in [0.3, 0.4) is 0 Å². The maximum atomic E-state index is 14.4. The van der Waals surface area contributed by atoms with E-state index in [-0.39, 0.29) is 12.1 Å². The van der Waals surface area contributed by atoms with Gasteiger partial charge in [-0.2, -0.15) is 0 Å². The van der Waals surface area contributed by atoms with Gasteiger partial charge in [0.2, 0.25) is 5.88 Å². The summed E-state index contributed by atoms with van der Waals surface area (Å²) in [7, 11) is 1.48. The summed E-state index contributed by atoms with van der Waals surface area (Å²) < 4.78 is 36.2. The maximum Gasteiger partial charge on any atom is 0.414 e. The van der Waals surface area contributed by atoms with E-state index in [4.69, 9.17) is 18.9 Å². The van der Waals surface area contributed by atoms with Gasteiger partial charge < -0.3 is 24.1 Å². The number of anilines is 1. The van der Waals surface area contributed by atoms with Gasteiger partial charge in [0.15, 0.2) is 11.5 Å². The van der Waals surface area contributed by atoms with Gasteiger partial charge in [0.1, 0.15) is 36.9 Å². The molecular formula is C24H25FN4O6. The first-order chi connectivity index (χ1) is 17.0. The molecular weight excluding hydrogens is 459 g/mol. The zero-order valence-corrected chi connectivity index (χ0v) is 19.1. The lowest BCUT2D eigenvalue weighted by molar-refractivity contribution is 0.0923. The van der Waals surface area contributed by atoms with Crippen LogP contribution in [0.2, 0.25) is 0 Å². The third-order valence-corrected chi connectivity index (χ3v) is 5.94. The molecule has 0 aliphatic carbocycles. The third kappa shape index (κ3) is 4.91. The minimum atomic E-state index is -0.940. The quantitative estimate of drug-likeness (QED) is 0.466. The number of rotatable bonds is 8. The largest absolute Gasteiger partial charge is 0.486 e. The number of methoxy groups -OCH3 is 1. The summed E-state index contributed by atoms with van der Waals surface area (Å²) in [6.45, 7) is 1.33. The molecule has 1 saturated heterocycles. The van der Waals surface area contributed by atoms with E-state index in [0.717, 1.165) is 6.20 Å². The molecule has 5 rings (SSSR count). The molecule has 2 aromatic heterocycles. The van der Waals surface area contributed by atoms with E-state index >= 15 is 0 Å². The van der Waals surface area contributed by atoms with Crippen LogP contribution in [0.1, 0.15) is 18.4 Å². The lowest BCUT2D eigenvalue weighted by atomic mass is 10.1. The van der Waals surface area contributed by atoms with Gasteiger partial charge >= 0.3 is 6.09 Å². The van der Waals surface area contributed by atoms with Crippen molar-refractivity contribution in [3.63, 3.8) is 0 Å². The Labute approximate surface area is 200 Å². The van der Waals surface area contributed by atoms with Gasteiger partial charge in [-0.25, -0.2) is 14.2 Å². The number of hydrogen-bond donors (Lipinski definition) is 2. The molecule has 0 radical (unpaired) electrons. The number of nitrogens with one attached hydrogen (secondary N) is 1. The summed E-state index contributed by atoms with van der Waals surface area (Å²) in [5, 5.41) is 13.3. The fourth-order valence-electron chi connectivity index (χ4n) is 4.11. The van der Waals surface area contributed by atoms with Gasteiger partial charge in [0, 0.05) is 24.2 Å². The van der Waals surface area contributed by atoms with Crippen LogP contribution in [0, 0.1) is 5.82 Å². The van der Waals surface area contributed by atoms with Gasteiger partial charge in [-0.15, -0.1) is 0 Å². The molecule has 11 heteroatoms. The number of nitrogens with zero attached hydrogens (tertiary/aromatic N) is 3. The first-order valence-electron chi connectivity index (χ1n) is 11.3. The minimum Gasteiger partial charge on any atom is -0.486 e. The van der Waals surface area contributed by atoms with E-state index in [0.29, 0.717) is 66.7 Å². The third-order valence-electron chi connectivity index (χ3n) is 5.94. The van der Waals surface area contributed by atoms with E-state index in [1.165, 1.54) is 12.0 Å². The van der Waals surface area contributed by atoms with Crippen LogP contribution in [0.5, 0.6) is 17.4 Å². The van der Waals surface area contributed by atoms with Gasteiger partial charge in [-0.1, -0.05) is 0 Å². The highest BCUT2D eigenvalue weighted by molar-refractivity contribution is 5.90. The molecule has 184 valence electrons. The molecule has 1 aromatic carbocycles. The number of benzene rings is 1. The van der Waals surface area contributed by atoms with Crippen molar-refractivity contribution in [2.24, 2.45) is 0 Å². The highest BCUT2D eigenvalue weighted by atomic mass is 19.1. The molecule has 2 aliphatic rings. The fourth-order valence-corrected chi connectivity index (χ4v) is 4.11. The number of aliphatic hydroxyl groups excluding tert-OH is 1. The molecule has 0 unspecified atom stereocenters. The molecule has 2 N–H and O–H groups in total. The molecule has 1 amide bonds. The number of fused-ring (bicyclic) bond motifs is 2. The molecule has 2 atom stereocenters. The Bertz CT molecular complexity index is 1240. The highest BCUT2D eigenvalue weighted by Gasteiger charge is 2.33. The number of carbonyl (C=O) groups is 1. The number of aliphatic hydroxyl groups is 1. The van der Waals surface area contributed by atoms with Crippen molar-refractivity contribution < 1.29 is 33.2 Å². The molecule has 0 bridgehead atoms. The fraction of sp³-hybridized carbons (Fsp3) is 0.375. The van der Waals surface area contributed by atoms with Crippen molar-refractivity contribution in [3.8, 4) is 17.4 Å². The Hall–Kier alpha value is -3.70. The summed E-state index contributed by atoms with van der Waals surface area (Å²) in [6, 6.07) is 8.65. The van der Waals surface area contributed by atoms with Crippen LogP contribution in [-0.4, -0.2) is 60.4 Å². The van der Waals surface area contributed by atoms with Crippen molar-refractivity contribution >= 4 is 22.8 Å². The number of hydrogen-bond acceptors (Lipinski definition) is 9. The van der Waals surface area contributed by atoms with Crippen LogP contribution in [0.25, 0.3) is 11.0 Å². The second-order valence-corrected chi connectivity index (χ2v) is 8.22. The van der Waals surface area contributed by atoms with Crippen molar-refractivity contribution in [1.29, 1.82) is 0 Å². The summed E-state index contributed by atoms with van der Waals surface area (Å²) in [5.41, 5.74) is 1.83. The number of amides is 1. The van der Waals surface area contributed by atoms with Crippen molar-refractivity contribution in [1.82, 2.24) is 15.3 Å². The number of aromatic nitrogens is 2. The second-order valence-electron chi connectivity index (χ2n) is 8.22. The van der Waals surface area contributed by atoms with E-state index in [9.17, 15) is 14.3 Å². The Kier molecular flexibility index (Phi) is 6.51. The second kappa shape index (κ2) is 9.88. The predicted molar refractivity (Wildman–Crippen MR) is 123 cm³/mol. The standard InChI is InChI=1S/C24H25FN4O6/c1-32-22-7-4-18-23(28-22)16(17(25)12-26-18)11-27-21(30)6-3-15-13-29(24(31)35-15)14-2-5-19-20(10-14)34-9-8-33-19/h2,4-5,7,10,12,15,21,27,30H,3,6,8-9,11,13H2,1H3/t15-,21-/m1/s1. The van der Waals surface area contributed by atoms with Crippen LogP contribution in [-0.2, 0) is 11.3 Å². The number of carbonyl (C=O) groups excluding carboxylic acids is 1. The first-order valence-corrected chi connectivity index (χ1v) is 11.3. The monoisotopic (exact) mass is 484 g/mol. The zero-order chi connectivity index (χ0) is 24.4. The van der Waals surface area contributed by atoms with E-state index in [1.807, 2.05) is 0 Å². The van der Waals surface area contributed by atoms with Crippen LogP contribution < -0.4 is 24.4 Å². The summed E-state index contributed by atoms with van der Waals surface area (Å²) >= 11 is 0. The molecule has 3 aromatic rings. The summed E-state index contributed by atoms with van der Waals surface area (Å²) in [5.74, 6) is 1.05. The van der Waals surface area contributed by atoms with Gasteiger partial charge in [0.25, 0.3) is 0 Å². The van der Waals surface area contributed by atoms with Gasteiger partial charge in [-0.05, 0) is 31.0 Å². The molecule has 1 fully saturated rings. The zero-order valence-electron chi connectivity index (χ0n) is 19.1. The Balaban J connectivity index is 1.17. The van der Waals surface area contributed by atoms with Crippen molar-refractivity contribution in [2.45, 2.75) is 31.7 Å². The van der Waals surface area contributed by atoms with E-state index in [2.05, 4.69) is 15.3 Å². The molecule has 0 saturated carbocycles. The minimum absolute atomic E-state index is 0.0416. The smallest absolute Gasteiger partial charge is 0.414 e. The number of cyclic esters (lactones) is 1. The number of halogens is 1. The number of ether oxygens (including phenoxy) is 4. The van der Waals surface area contributed by atoms with Gasteiger partial charge in [0.05, 0.1) is 31.1 Å². The summed E-state index contributed by atoms with van der Waals surface area (Å²) in [4.78, 5) is 22.3. The Morgan fingerprint density at radius 2 is 2.09 bits per heavy atom. The first kappa shape index (κ1) is 23.1. The van der Waals surface area contributed by atoms with E-state index < -0.39 is 24.2 Å². The van der Waals surface area contributed by atoms with Crippen LogP contribution >= 0.6 is 0 Å².